The van der Waals surface area contributed by atoms with Crippen LogP contribution in [0.4, 0.5) is 18.9 Å². The molecule has 1 aromatic heterocycles. The van der Waals surface area contributed by atoms with Gasteiger partial charge in [-0.2, -0.15) is 0 Å². The number of halogens is 4. The number of nitrogens with zero attached hydrogens (tertiary/aromatic N) is 1. The zero-order valence-electron chi connectivity index (χ0n) is 18.4. The van der Waals surface area contributed by atoms with Crippen LogP contribution in [0.3, 0.4) is 0 Å². The number of carbonyl (C=O) groups is 2. The van der Waals surface area contributed by atoms with Crippen LogP contribution in [0.25, 0.3) is 11.0 Å². The first-order valence-electron chi connectivity index (χ1n) is 10.5. The van der Waals surface area contributed by atoms with E-state index in [0.717, 1.165) is 35.2 Å². The van der Waals surface area contributed by atoms with Crippen molar-refractivity contribution in [2.24, 2.45) is 0 Å². The topological polar surface area (TPSA) is 80.0 Å². The number of hydrogen-bond donors (Lipinski definition) is 1. The SMILES string of the molecule is COc1cc(Cl)cc2cc(C(=O)C3=C(O)C(=O)N(c4ccc(F)c(F)c4)C3c3ccc(F)cc3)oc12. The highest BCUT2D eigenvalue weighted by molar-refractivity contribution is 6.31. The van der Waals surface area contributed by atoms with Gasteiger partial charge in [0.2, 0.25) is 5.78 Å². The lowest BCUT2D eigenvalue weighted by molar-refractivity contribution is -0.117. The van der Waals surface area contributed by atoms with E-state index in [0.29, 0.717) is 10.4 Å². The second kappa shape index (κ2) is 8.76. The molecule has 0 fully saturated rings. The largest absolute Gasteiger partial charge is 0.503 e. The summed E-state index contributed by atoms with van der Waals surface area (Å²) in [5.41, 5.74) is -0.0647. The molecule has 1 unspecified atom stereocenters. The number of amides is 1. The second-order valence-corrected chi connectivity index (χ2v) is 8.39. The number of hydrogen-bond acceptors (Lipinski definition) is 5. The predicted octanol–water partition coefficient (Wildman–Crippen LogP) is 6.30. The van der Waals surface area contributed by atoms with E-state index in [4.69, 9.17) is 20.8 Å². The van der Waals surface area contributed by atoms with E-state index < -0.39 is 40.9 Å². The standard InChI is InChI=1S/C26H15ClF3NO5/c1-35-20-10-14(27)8-13-9-19(36-25(13)20)23(32)21-22(12-2-4-15(28)5-3-12)31(26(34)24(21)33)16-6-7-17(29)18(30)11-16/h2-11,22,33H,1H3. The van der Waals surface area contributed by atoms with E-state index in [9.17, 15) is 27.9 Å². The van der Waals surface area contributed by atoms with Gasteiger partial charge in [-0.15, -0.1) is 0 Å². The van der Waals surface area contributed by atoms with Crippen LogP contribution in [0.1, 0.15) is 22.2 Å². The minimum atomic E-state index is -1.30. The molecule has 182 valence electrons. The smallest absolute Gasteiger partial charge is 0.294 e. The summed E-state index contributed by atoms with van der Waals surface area (Å²) in [5.74, 6) is -5.74. The van der Waals surface area contributed by atoms with Crippen molar-refractivity contribution < 1.29 is 37.0 Å². The molecule has 1 aliphatic heterocycles. The number of aliphatic hydroxyl groups is 1. The van der Waals surface area contributed by atoms with Crippen molar-refractivity contribution in [1.29, 1.82) is 0 Å². The Bertz CT molecular complexity index is 1580. The summed E-state index contributed by atoms with van der Waals surface area (Å²) in [6.07, 6.45) is 0. The van der Waals surface area contributed by atoms with Crippen molar-refractivity contribution in [3.8, 4) is 5.75 Å². The molecule has 1 amide bonds. The monoisotopic (exact) mass is 513 g/mol. The number of methoxy groups -OCH3 is 1. The number of fused-ring (bicyclic) bond motifs is 1. The number of furan rings is 1. The number of ketones is 1. The van der Waals surface area contributed by atoms with E-state index in [1.54, 1.807) is 6.07 Å². The van der Waals surface area contributed by atoms with Gasteiger partial charge in [0.1, 0.15) is 5.82 Å². The average molecular weight is 514 g/mol. The van der Waals surface area contributed by atoms with E-state index in [1.165, 1.54) is 31.4 Å². The van der Waals surface area contributed by atoms with Crippen molar-refractivity contribution in [2.75, 3.05) is 12.0 Å². The Kier molecular flexibility index (Phi) is 5.72. The van der Waals surface area contributed by atoms with Crippen LogP contribution in [0.2, 0.25) is 5.02 Å². The highest BCUT2D eigenvalue weighted by Crippen LogP contribution is 2.43. The lowest BCUT2D eigenvalue weighted by atomic mass is 9.94. The molecule has 0 bridgehead atoms. The molecule has 2 heterocycles. The number of benzene rings is 3. The van der Waals surface area contributed by atoms with Gasteiger partial charge in [-0.3, -0.25) is 14.5 Å². The summed E-state index contributed by atoms with van der Waals surface area (Å²) in [5, 5.41) is 11.5. The van der Waals surface area contributed by atoms with Crippen LogP contribution in [0.5, 0.6) is 5.75 Å². The van der Waals surface area contributed by atoms with Gasteiger partial charge in [0, 0.05) is 28.2 Å². The van der Waals surface area contributed by atoms with Crippen molar-refractivity contribution in [2.45, 2.75) is 6.04 Å². The van der Waals surface area contributed by atoms with Gasteiger partial charge in [0.15, 0.2) is 34.5 Å². The molecule has 1 atom stereocenters. The van der Waals surface area contributed by atoms with Crippen LogP contribution in [-0.4, -0.2) is 23.9 Å². The normalized spacial score (nSPS) is 15.8. The third kappa shape index (κ3) is 3.77. The average Bonchev–Trinajstić information content (AvgIpc) is 3.39. The number of carbonyl (C=O) groups excluding carboxylic acids is 2. The van der Waals surface area contributed by atoms with Crippen LogP contribution >= 0.6 is 11.6 Å². The van der Waals surface area contributed by atoms with E-state index in [2.05, 4.69) is 0 Å². The zero-order valence-corrected chi connectivity index (χ0v) is 19.1. The Hall–Kier alpha value is -4.24. The molecule has 1 aliphatic rings. The molecule has 36 heavy (non-hydrogen) atoms. The van der Waals surface area contributed by atoms with Gasteiger partial charge in [0.05, 0.1) is 18.7 Å². The fraction of sp³-hybridized carbons (Fsp3) is 0.0769. The van der Waals surface area contributed by atoms with Crippen molar-refractivity contribution in [3.63, 3.8) is 0 Å². The number of anilines is 1. The van der Waals surface area contributed by atoms with Gasteiger partial charge in [0.25, 0.3) is 5.91 Å². The molecule has 10 heteroatoms. The minimum Gasteiger partial charge on any atom is -0.503 e. The number of rotatable bonds is 5. The molecule has 5 rings (SSSR count). The van der Waals surface area contributed by atoms with Crippen LogP contribution in [0, 0.1) is 17.5 Å². The predicted molar refractivity (Wildman–Crippen MR) is 125 cm³/mol. The Balaban J connectivity index is 1.67. The molecule has 0 spiro atoms. The molecule has 1 N–H and O–H groups in total. The molecular formula is C26H15ClF3NO5. The van der Waals surface area contributed by atoms with Gasteiger partial charge < -0.3 is 14.3 Å². The van der Waals surface area contributed by atoms with Crippen LogP contribution in [0.15, 0.2) is 76.4 Å². The summed E-state index contributed by atoms with van der Waals surface area (Å²) < 4.78 is 52.2. The third-order valence-electron chi connectivity index (χ3n) is 5.81. The minimum absolute atomic E-state index is 0.124. The van der Waals surface area contributed by atoms with Crippen LogP contribution < -0.4 is 9.64 Å². The maximum Gasteiger partial charge on any atom is 0.294 e. The molecule has 4 aromatic rings. The van der Waals surface area contributed by atoms with E-state index >= 15 is 0 Å². The first-order chi connectivity index (χ1) is 17.2. The number of ether oxygens (including phenoxy) is 1. The van der Waals surface area contributed by atoms with E-state index in [-0.39, 0.29) is 33.9 Å². The molecule has 0 aliphatic carbocycles. The lowest BCUT2D eigenvalue weighted by Gasteiger charge is -2.26. The third-order valence-corrected chi connectivity index (χ3v) is 6.03. The maximum atomic E-state index is 14.0. The van der Waals surface area contributed by atoms with Crippen molar-refractivity contribution in [1.82, 2.24) is 0 Å². The first-order valence-corrected chi connectivity index (χ1v) is 10.9. The quantitative estimate of drug-likeness (QED) is 0.317. The molecule has 3 aromatic carbocycles. The summed E-state index contributed by atoms with van der Waals surface area (Å²) in [7, 11) is 1.39. The Morgan fingerprint density at radius 3 is 2.42 bits per heavy atom. The highest BCUT2D eigenvalue weighted by atomic mass is 35.5. The molecule has 0 saturated heterocycles. The molecular weight excluding hydrogens is 499 g/mol. The summed E-state index contributed by atoms with van der Waals surface area (Å²) in [4.78, 5) is 27.7. The first kappa shape index (κ1) is 23.5. The van der Waals surface area contributed by atoms with E-state index in [1.807, 2.05) is 0 Å². The second-order valence-electron chi connectivity index (χ2n) is 7.96. The van der Waals surface area contributed by atoms with Gasteiger partial charge >= 0.3 is 0 Å². The Morgan fingerprint density at radius 2 is 1.75 bits per heavy atom. The molecule has 6 nitrogen and oxygen atoms in total. The maximum absolute atomic E-state index is 14.0. The van der Waals surface area contributed by atoms with Gasteiger partial charge in [-0.1, -0.05) is 23.7 Å². The van der Waals surface area contributed by atoms with Crippen LogP contribution in [-0.2, 0) is 4.79 Å². The summed E-state index contributed by atoms with van der Waals surface area (Å²) in [6, 6.07) is 10.6. The molecule has 0 radical (unpaired) electrons. The van der Waals surface area contributed by atoms with Crippen molar-refractivity contribution in [3.05, 3.63) is 106 Å². The Labute approximate surface area is 206 Å². The van der Waals surface area contributed by atoms with Gasteiger partial charge in [-0.05, 0) is 42.0 Å². The summed E-state index contributed by atoms with van der Waals surface area (Å²) >= 11 is 6.09. The highest BCUT2D eigenvalue weighted by Gasteiger charge is 2.45. The fourth-order valence-electron chi connectivity index (χ4n) is 4.18. The number of aliphatic hydroxyl groups excluding tert-OH is 1. The number of Topliss-reactive ketones (excluding diaryl/α,β-unsaturated/α-hetero) is 1. The fourth-order valence-corrected chi connectivity index (χ4v) is 4.40. The zero-order chi connectivity index (χ0) is 25.7. The molecule has 0 saturated carbocycles. The lowest BCUT2D eigenvalue weighted by Crippen LogP contribution is -2.31. The summed E-state index contributed by atoms with van der Waals surface area (Å²) in [6.45, 7) is 0. The Morgan fingerprint density at radius 1 is 1.03 bits per heavy atom. The van der Waals surface area contributed by atoms with Crippen molar-refractivity contribution >= 4 is 39.9 Å². The van der Waals surface area contributed by atoms with Gasteiger partial charge in [-0.25, -0.2) is 13.2 Å².